The fourth-order valence-corrected chi connectivity index (χ4v) is 3.70. The molecule has 2 heterocycles. The fraction of sp³-hybridized carbons (Fsp3) is 0.312. The number of rotatable bonds is 2. The Hall–Kier alpha value is -1.68. The first-order chi connectivity index (χ1) is 9.63. The third kappa shape index (κ3) is 2.61. The third-order valence-corrected chi connectivity index (χ3v) is 5.00. The van der Waals surface area contributed by atoms with Crippen molar-refractivity contribution in [2.45, 2.75) is 25.2 Å². The minimum atomic E-state index is -0.268. The van der Waals surface area contributed by atoms with Gasteiger partial charge in [0.15, 0.2) is 0 Å². The standard InChI is InChI=1S/C16H16FNOS/c1-10-6-15(20-9-10)12-7-14(16(19)18-8-12)11-2-4-13(17)5-3-11/h2-6,9,12,14H,7-8H2,1H3,(H,18,19). The van der Waals surface area contributed by atoms with Crippen LogP contribution in [0.3, 0.4) is 0 Å². The number of benzene rings is 1. The van der Waals surface area contributed by atoms with Crippen molar-refractivity contribution < 1.29 is 9.18 Å². The van der Waals surface area contributed by atoms with Crippen LogP contribution in [0, 0.1) is 12.7 Å². The summed E-state index contributed by atoms with van der Waals surface area (Å²) in [6, 6.07) is 8.45. The molecule has 1 aromatic heterocycles. The molecule has 2 atom stereocenters. The highest BCUT2D eigenvalue weighted by molar-refractivity contribution is 7.10. The summed E-state index contributed by atoms with van der Waals surface area (Å²) in [4.78, 5) is 13.4. The SMILES string of the molecule is Cc1csc(C2CNC(=O)C(c3ccc(F)cc3)C2)c1. The maximum atomic E-state index is 13.0. The van der Waals surface area contributed by atoms with Crippen LogP contribution < -0.4 is 5.32 Å². The Balaban J connectivity index is 1.83. The van der Waals surface area contributed by atoms with Crippen molar-refractivity contribution in [1.29, 1.82) is 0 Å². The number of hydrogen-bond donors (Lipinski definition) is 1. The largest absolute Gasteiger partial charge is 0.355 e. The van der Waals surface area contributed by atoms with E-state index >= 15 is 0 Å². The molecule has 3 rings (SSSR count). The summed E-state index contributed by atoms with van der Waals surface area (Å²) < 4.78 is 13.0. The van der Waals surface area contributed by atoms with Crippen LogP contribution in [0.1, 0.15) is 34.3 Å². The van der Waals surface area contributed by atoms with Crippen LogP contribution in [-0.2, 0) is 4.79 Å². The van der Waals surface area contributed by atoms with Crippen LogP contribution in [0.2, 0.25) is 0 Å². The van der Waals surface area contributed by atoms with Gasteiger partial charge >= 0.3 is 0 Å². The molecule has 20 heavy (non-hydrogen) atoms. The average molecular weight is 289 g/mol. The molecule has 0 saturated carbocycles. The molecular weight excluding hydrogens is 273 g/mol. The molecule has 4 heteroatoms. The van der Waals surface area contributed by atoms with Crippen molar-refractivity contribution >= 4 is 17.2 Å². The zero-order chi connectivity index (χ0) is 14.1. The summed E-state index contributed by atoms with van der Waals surface area (Å²) in [6.45, 7) is 2.77. The van der Waals surface area contributed by atoms with E-state index in [1.807, 2.05) is 0 Å². The van der Waals surface area contributed by atoms with E-state index in [4.69, 9.17) is 0 Å². The lowest BCUT2D eigenvalue weighted by molar-refractivity contribution is -0.124. The van der Waals surface area contributed by atoms with Crippen LogP contribution in [0.25, 0.3) is 0 Å². The number of carbonyl (C=O) groups is 1. The number of carbonyl (C=O) groups excluding carboxylic acids is 1. The molecule has 1 N–H and O–H groups in total. The van der Waals surface area contributed by atoms with Gasteiger partial charge in [0.25, 0.3) is 0 Å². The summed E-state index contributed by atoms with van der Waals surface area (Å²) >= 11 is 1.75. The molecule has 0 bridgehead atoms. The number of amides is 1. The summed E-state index contributed by atoms with van der Waals surface area (Å²) in [5.41, 5.74) is 2.15. The number of thiophene rings is 1. The second kappa shape index (κ2) is 5.37. The first kappa shape index (κ1) is 13.3. The number of aryl methyl sites for hydroxylation is 1. The van der Waals surface area contributed by atoms with Crippen molar-refractivity contribution in [3.63, 3.8) is 0 Å². The highest BCUT2D eigenvalue weighted by Crippen LogP contribution is 2.35. The molecule has 1 amide bonds. The van der Waals surface area contributed by atoms with Gasteiger partial charge in [-0.2, -0.15) is 0 Å². The fourth-order valence-electron chi connectivity index (χ4n) is 2.69. The number of piperidine rings is 1. The number of hydrogen-bond acceptors (Lipinski definition) is 2. The van der Waals surface area contributed by atoms with E-state index < -0.39 is 0 Å². The Labute approximate surface area is 121 Å². The van der Waals surface area contributed by atoms with E-state index in [-0.39, 0.29) is 17.6 Å². The van der Waals surface area contributed by atoms with Gasteiger partial charge in [-0.1, -0.05) is 12.1 Å². The van der Waals surface area contributed by atoms with Gasteiger partial charge in [0.05, 0.1) is 5.92 Å². The summed E-state index contributed by atoms with van der Waals surface area (Å²) in [7, 11) is 0. The zero-order valence-electron chi connectivity index (χ0n) is 11.2. The molecule has 1 aliphatic heterocycles. The van der Waals surface area contributed by atoms with Crippen LogP contribution >= 0.6 is 11.3 Å². The second-order valence-corrected chi connectivity index (χ2v) is 6.25. The quantitative estimate of drug-likeness (QED) is 0.899. The van der Waals surface area contributed by atoms with E-state index in [1.54, 1.807) is 23.5 Å². The van der Waals surface area contributed by atoms with E-state index in [1.165, 1.54) is 22.6 Å². The Morgan fingerprint density at radius 3 is 2.70 bits per heavy atom. The zero-order valence-corrected chi connectivity index (χ0v) is 12.0. The van der Waals surface area contributed by atoms with Crippen LogP contribution in [0.5, 0.6) is 0 Å². The third-order valence-electron chi connectivity index (χ3n) is 3.78. The van der Waals surface area contributed by atoms with Crippen LogP contribution in [0.15, 0.2) is 35.7 Å². The van der Waals surface area contributed by atoms with E-state index in [0.717, 1.165) is 12.0 Å². The highest BCUT2D eigenvalue weighted by Gasteiger charge is 2.31. The Morgan fingerprint density at radius 2 is 2.05 bits per heavy atom. The van der Waals surface area contributed by atoms with Crippen molar-refractivity contribution in [2.75, 3.05) is 6.54 Å². The number of nitrogens with one attached hydrogen (secondary N) is 1. The number of halogens is 1. The van der Waals surface area contributed by atoms with Crippen molar-refractivity contribution in [2.24, 2.45) is 0 Å². The van der Waals surface area contributed by atoms with E-state index in [2.05, 4.69) is 23.7 Å². The van der Waals surface area contributed by atoms with Crippen molar-refractivity contribution in [3.8, 4) is 0 Å². The Morgan fingerprint density at radius 1 is 1.30 bits per heavy atom. The molecular formula is C16H16FNOS. The first-order valence-electron chi connectivity index (χ1n) is 6.71. The molecule has 0 spiro atoms. The van der Waals surface area contributed by atoms with Gasteiger partial charge in [0, 0.05) is 17.3 Å². The van der Waals surface area contributed by atoms with E-state index in [0.29, 0.717) is 12.5 Å². The molecule has 1 fully saturated rings. The van der Waals surface area contributed by atoms with Crippen molar-refractivity contribution in [1.82, 2.24) is 5.32 Å². The molecule has 0 radical (unpaired) electrons. The lowest BCUT2D eigenvalue weighted by Crippen LogP contribution is -2.39. The molecule has 104 valence electrons. The molecule has 2 nitrogen and oxygen atoms in total. The van der Waals surface area contributed by atoms with Gasteiger partial charge in [0.2, 0.25) is 5.91 Å². The molecule has 2 aromatic rings. The van der Waals surface area contributed by atoms with Crippen LogP contribution in [0.4, 0.5) is 4.39 Å². The van der Waals surface area contributed by atoms with E-state index in [9.17, 15) is 9.18 Å². The maximum absolute atomic E-state index is 13.0. The summed E-state index contributed by atoms with van der Waals surface area (Å²) in [5, 5.41) is 5.11. The summed E-state index contributed by atoms with van der Waals surface area (Å²) in [6.07, 6.45) is 0.789. The molecule has 2 unspecified atom stereocenters. The smallest absolute Gasteiger partial charge is 0.227 e. The van der Waals surface area contributed by atoms with Gasteiger partial charge in [-0.15, -0.1) is 11.3 Å². The summed E-state index contributed by atoms with van der Waals surface area (Å²) in [5.74, 6) is -0.0604. The topological polar surface area (TPSA) is 29.1 Å². The average Bonchev–Trinajstić information content (AvgIpc) is 2.87. The van der Waals surface area contributed by atoms with Crippen LogP contribution in [-0.4, -0.2) is 12.5 Å². The predicted molar refractivity (Wildman–Crippen MR) is 78.6 cm³/mol. The minimum Gasteiger partial charge on any atom is -0.355 e. The Bertz CT molecular complexity index is 620. The maximum Gasteiger partial charge on any atom is 0.227 e. The highest BCUT2D eigenvalue weighted by atomic mass is 32.1. The molecule has 1 aromatic carbocycles. The molecule has 1 saturated heterocycles. The molecule has 1 aliphatic rings. The van der Waals surface area contributed by atoms with Gasteiger partial charge in [0.1, 0.15) is 5.82 Å². The minimum absolute atomic E-state index is 0.0427. The first-order valence-corrected chi connectivity index (χ1v) is 7.59. The lowest BCUT2D eigenvalue weighted by atomic mass is 9.84. The lowest BCUT2D eigenvalue weighted by Gasteiger charge is -2.29. The normalized spacial score (nSPS) is 22.6. The van der Waals surface area contributed by atoms with Gasteiger partial charge in [-0.05, 0) is 48.1 Å². The second-order valence-electron chi connectivity index (χ2n) is 5.31. The van der Waals surface area contributed by atoms with Gasteiger partial charge in [-0.3, -0.25) is 4.79 Å². The Kier molecular flexibility index (Phi) is 3.57. The van der Waals surface area contributed by atoms with Gasteiger partial charge < -0.3 is 5.32 Å². The van der Waals surface area contributed by atoms with Gasteiger partial charge in [-0.25, -0.2) is 4.39 Å². The molecule has 0 aliphatic carbocycles. The monoisotopic (exact) mass is 289 g/mol. The predicted octanol–water partition coefficient (Wildman–Crippen LogP) is 3.58. The van der Waals surface area contributed by atoms with Crippen molar-refractivity contribution in [3.05, 3.63) is 57.5 Å².